The fraction of sp³-hybridized carbons (Fsp3) is 0.500. The molecule has 18 heavy (non-hydrogen) atoms. The van der Waals surface area contributed by atoms with Crippen LogP contribution in [0, 0.1) is 6.92 Å². The smallest absolute Gasteiger partial charge is 0.391 e. The Morgan fingerprint density at radius 3 is 2.94 bits per heavy atom. The van der Waals surface area contributed by atoms with Crippen LogP contribution in [0.5, 0.6) is 5.88 Å². The van der Waals surface area contributed by atoms with E-state index in [2.05, 4.69) is 10.3 Å². The molecule has 0 aliphatic heterocycles. The molecule has 0 aliphatic carbocycles. The van der Waals surface area contributed by atoms with Crippen LogP contribution in [0.4, 0.5) is 4.79 Å². The molecule has 6 nitrogen and oxygen atoms in total. The second-order valence-corrected chi connectivity index (χ2v) is 3.55. The number of amides is 1. The van der Waals surface area contributed by atoms with Gasteiger partial charge in [-0.1, -0.05) is 6.07 Å². The van der Waals surface area contributed by atoms with E-state index in [1.54, 1.807) is 19.4 Å². The van der Waals surface area contributed by atoms with Gasteiger partial charge in [0, 0.05) is 25.4 Å². The fourth-order valence-corrected chi connectivity index (χ4v) is 1.17. The molecule has 6 heteroatoms. The second-order valence-electron chi connectivity index (χ2n) is 3.55. The molecule has 0 bridgehead atoms. The van der Waals surface area contributed by atoms with Gasteiger partial charge >= 0.3 is 6.09 Å². The van der Waals surface area contributed by atoms with Crippen molar-refractivity contribution in [2.75, 3.05) is 33.5 Å². The lowest BCUT2D eigenvalue weighted by atomic mass is 10.3. The molecule has 1 aromatic heterocycles. The van der Waals surface area contributed by atoms with Gasteiger partial charge in [-0.15, -0.1) is 0 Å². The third-order valence-corrected chi connectivity index (χ3v) is 2.10. The van der Waals surface area contributed by atoms with Gasteiger partial charge in [-0.2, -0.15) is 0 Å². The summed E-state index contributed by atoms with van der Waals surface area (Å²) in [6.45, 7) is 3.67. The van der Waals surface area contributed by atoms with Crippen LogP contribution < -0.4 is 10.1 Å². The van der Waals surface area contributed by atoms with E-state index < -0.39 is 6.09 Å². The zero-order valence-corrected chi connectivity index (χ0v) is 10.6. The highest BCUT2D eigenvalue weighted by Crippen LogP contribution is 2.11. The third kappa shape index (κ3) is 5.60. The molecule has 0 saturated carbocycles. The molecular weight excluding hydrogens is 236 g/mol. The maximum atomic E-state index is 11.4. The SMILES string of the molecule is COCCOCCNC(=O)Oc1ncccc1C. The van der Waals surface area contributed by atoms with Crippen molar-refractivity contribution in [3.8, 4) is 5.88 Å². The maximum Gasteiger partial charge on any atom is 0.414 e. The fourth-order valence-electron chi connectivity index (χ4n) is 1.17. The second kappa shape index (κ2) is 8.43. The van der Waals surface area contributed by atoms with Gasteiger partial charge in [-0.25, -0.2) is 9.78 Å². The Balaban J connectivity index is 2.16. The molecule has 0 unspecified atom stereocenters. The number of nitrogens with one attached hydrogen (secondary N) is 1. The Labute approximate surface area is 106 Å². The van der Waals surface area contributed by atoms with Crippen LogP contribution in [0.2, 0.25) is 0 Å². The van der Waals surface area contributed by atoms with E-state index in [-0.39, 0.29) is 0 Å². The molecule has 0 fully saturated rings. The monoisotopic (exact) mass is 254 g/mol. The lowest BCUT2D eigenvalue weighted by Crippen LogP contribution is -2.30. The standard InChI is InChI=1S/C12H18N2O4/c1-10-4-3-5-13-11(10)18-12(15)14-6-7-17-9-8-16-2/h3-5H,6-9H2,1-2H3,(H,14,15). The number of methoxy groups -OCH3 is 1. The summed E-state index contributed by atoms with van der Waals surface area (Å²) in [7, 11) is 1.61. The van der Waals surface area contributed by atoms with Gasteiger partial charge in [0.15, 0.2) is 0 Å². The number of rotatable bonds is 7. The highest BCUT2D eigenvalue weighted by molar-refractivity contribution is 5.70. The summed E-state index contributed by atoms with van der Waals surface area (Å²) >= 11 is 0. The summed E-state index contributed by atoms with van der Waals surface area (Å²) in [5, 5.41) is 2.57. The van der Waals surface area contributed by atoms with Crippen LogP contribution in [-0.4, -0.2) is 44.6 Å². The Bertz CT molecular complexity index is 371. The lowest BCUT2D eigenvalue weighted by molar-refractivity contribution is 0.0719. The van der Waals surface area contributed by atoms with Crippen molar-refractivity contribution in [3.05, 3.63) is 23.9 Å². The van der Waals surface area contributed by atoms with Crippen molar-refractivity contribution in [3.63, 3.8) is 0 Å². The van der Waals surface area contributed by atoms with Gasteiger partial charge in [0.25, 0.3) is 0 Å². The minimum atomic E-state index is -0.535. The van der Waals surface area contributed by atoms with E-state index in [0.29, 0.717) is 32.2 Å². The molecule has 0 aromatic carbocycles. The van der Waals surface area contributed by atoms with Crippen LogP contribution in [-0.2, 0) is 9.47 Å². The highest BCUT2D eigenvalue weighted by atomic mass is 16.6. The zero-order valence-electron chi connectivity index (χ0n) is 10.6. The maximum absolute atomic E-state index is 11.4. The van der Waals surface area contributed by atoms with E-state index in [4.69, 9.17) is 14.2 Å². The molecule has 1 N–H and O–H groups in total. The van der Waals surface area contributed by atoms with E-state index >= 15 is 0 Å². The Hall–Kier alpha value is -1.66. The Morgan fingerprint density at radius 2 is 2.22 bits per heavy atom. The first-order chi connectivity index (χ1) is 8.74. The van der Waals surface area contributed by atoms with Crippen LogP contribution in [0.1, 0.15) is 5.56 Å². The third-order valence-electron chi connectivity index (χ3n) is 2.10. The van der Waals surface area contributed by atoms with Crippen LogP contribution in [0.3, 0.4) is 0 Å². The summed E-state index contributed by atoms with van der Waals surface area (Å²) in [4.78, 5) is 15.4. The summed E-state index contributed by atoms with van der Waals surface area (Å²) in [5.74, 6) is 0.315. The van der Waals surface area contributed by atoms with Crippen molar-refractivity contribution in [2.24, 2.45) is 0 Å². The van der Waals surface area contributed by atoms with Crippen molar-refractivity contribution >= 4 is 6.09 Å². The number of hydrogen-bond acceptors (Lipinski definition) is 5. The minimum Gasteiger partial charge on any atom is -0.391 e. The van der Waals surface area contributed by atoms with Crippen molar-refractivity contribution in [2.45, 2.75) is 6.92 Å². The summed E-state index contributed by atoms with van der Waals surface area (Å²) in [6.07, 6.45) is 1.04. The lowest BCUT2D eigenvalue weighted by Gasteiger charge is -2.07. The Kier molecular flexibility index (Phi) is 6.75. The predicted octanol–water partition coefficient (Wildman–Crippen LogP) is 1.14. The van der Waals surface area contributed by atoms with Crippen LogP contribution in [0.25, 0.3) is 0 Å². The number of aryl methyl sites for hydroxylation is 1. The van der Waals surface area contributed by atoms with Crippen LogP contribution in [0.15, 0.2) is 18.3 Å². The number of carbonyl (C=O) groups excluding carboxylic acids is 1. The molecule has 0 radical (unpaired) electrons. The molecule has 0 atom stereocenters. The first-order valence-corrected chi connectivity index (χ1v) is 5.68. The van der Waals surface area contributed by atoms with Crippen molar-refractivity contribution in [1.29, 1.82) is 0 Å². The van der Waals surface area contributed by atoms with Gasteiger partial charge in [0.2, 0.25) is 5.88 Å². The number of pyridine rings is 1. The number of aromatic nitrogens is 1. The molecular formula is C12H18N2O4. The molecule has 1 rings (SSSR count). The molecule has 0 saturated heterocycles. The highest BCUT2D eigenvalue weighted by Gasteiger charge is 2.06. The quantitative estimate of drug-likeness (QED) is 0.739. The van der Waals surface area contributed by atoms with Gasteiger partial charge in [-0.05, 0) is 13.0 Å². The number of ether oxygens (including phenoxy) is 3. The number of carbonyl (C=O) groups is 1. The largest absolute Gasteiger partial charge is 0.414 e. The van der Waals surface area contributed by atoms with E-state index in [0.717, 1.165) is 5.56 Å². The van der Waals surface area contributed by atoms with Gasteiger partial charge < -0.3 is 19.5 Å². The van der Waals surface area contributed by atoms with Gasteiger partial charge in [0.05, 0.1) is 19.8 Å². The predicted molar refractivity (Wildman–Crippen MR) is 65.7 cm³/mol. The first-order valence-electron chi connectivity index (χ1n) is 5.68. The molecule has 100 valence electrons. The van der Waals surface area contributed by atoms with E-state index in [1.165, 1.54) is 0 Å². The summed E-state index contributed by atoms with van der Waals surface area (Å²) in [6, 6.07) is 3.60. The average Bonchev–Trinajstić information content (AvgIpc) is 2.36. The minimum absolute atomic E-state index is 0.315. The molecule has 1 heterocycles. The Morgan fingerprint density at radius 1 is 1.39 bits per heavy atom. The van der Waals surface area contributed by atoms with Crippen molar-refractivity contribution < 1.29 is 19.0 Å². The zero-order chi connectivity index (χ0) is 13.2. The number of nitrogens with zero attached hydrogens (tertiary/aromatic N) is 1. The molecule has 1 aromatic rings. The first kappa shape index (κ1) is 14.4. The van der Waals surface area contributed by atoms with Crippen molar-refractivity contribution in [1.82, 2.24) is 10.3 Å². The molecule has 0 aliphatic rings. The van der Waals surface area contributed by atoms with Gasteiger partial charge in [0.1, 0.15) is 0 Å². The topological polar surface area (TPSA) is 69.7 Å². The number of hydrogen-bond donors (Lipinski definition) is 1. The van der Waals surface area contributed by atoms with E-state index in [9.17, 15) is 4.79 Å². The molecule has 1 amide bonds. The van der Waals surface area contributed by atoms with E-state index in [1.807, 2.05) is 13.0 Å². The summed E-state index contributed by atoms with van der Waals surface area (Å²) in [5.41, 5.74) is 0.809. The molecule has 0 spiro atoms. The normalized spacial score (nSPS) is 10.1. The summed E-state index contributed by atoms with van der Waals surface area (Å²) < 4.78 is 15.0. The van der Waals surface area contributed by atoms with Crippen LogP contribution >= 0.6 is 0 Å². The average molecular weight is 254 g/mol. The van der Waals surface area contributed by atoms with Gasteiger partial charge in [-0.3, -0.25) is 0 Å².